The number of piperidine rings is 1. The van der Waals surface area contributed by atoms with Crippen LogP contribution in [0.1, 0.15) is 24.6 Å². The van der Waals surface area contributed by atoms with Crippen molar-refractivity contribution in [3.8, 4) is 0 Å². The molecule has 1 amide bonds. The predicted molar refractivity (Wildman–Crippen MR) is 94.9 cm³/mol. The van der Waals surface area contributed by atoms with Crippen molar-refractivity contribution < 1.29 is 9.18 Å². The molecule has 3 heterocycles. The molecular weight excluding hydrogens is 335 g/mol. The highest BCUT2D eigenvalue weighted by molar-refractivity contribution is 5.89. The number of imidazole rings is 1. The molecule has 0 bridgehead atoms. The first kappa shape index (κ1) is 16.4. The Kier molecular flexibility index (Phi) is 4.02. The first-order chi connectivity index (χ1) is 12.6. The summed E-state index contributed by atoms with van der Waals surface area (Å²) >= 11 is 0. The van der Waals surface area contributed by atoms with Crippen LogP contribution in [0, 0.1) is 5.82 Å². The van der Waals surface area contributed by atoms with Crippen LogP contribution in [-0.4, -0.2) is 43.4 Å². The van der Waals surface area contributed by atoms with Gasteiger partial charge in [0.2, 0.25) is 5.91 Å². The summed E-state index contributed by atoms with van der Waals surface area (Å²) in [6.07, 6.45) is 5.93. The molecule has 1 aliphatic rings. The van der Waals surface area contributed by atoms with E-state index in [0.29, 0.717) is 29.6 Å². The molecule has 4 rings (SSSR count). The maximum absolute atomic E-state index is 14.4. The van der Waals surface area contributed by atoms with Gasteiger partial charge in [0, 0.05) is 20.5 Å². The van der Waals surface area contributed by atoms with Gasteiger partial charge in [0.05, 0.1) is 41.2 Å². The molecule has 0 spiro atoms. The topological polar surface area (TPSA) is 75.9 Å². The summed E-state index contributed by atoms with van der Waals surface area (Å²) in [5.41, 5.74) is 1.46. The first-order valence-electron chi connectivity index (χ1n) is 8.44. The number of nitrogens with one attached hydrogen (secondary N) is 1. The van der Waals surface area contributed by atoms with Crippen molar-refractivity contribution >= 4 is 22.6 Å². The third-order valence-electron chi connectivity index (χ3n) is 4.95. The van der Waals surface area contributed by atoms with Crippen LogP contribution in [0.4, 0.5) is 10.2 Å². The second-order valence-electron chi connectivity index (χ2n) is 6.52. The Hall–Kier alpha value is -3.03. The van der Waals surface area contributed by atoms with Crippen molar-refractivity contribution in [3.63, 3.8) is 0 Å². The molecule has 0 aliphatic carbocycles. The molecule has 2 atom stereocenters. The van der Waals surface area contributed by atoms with Crippen molar-refractivity contribution in [1.29, 1.82) is 0 Å². The normalized spacial score (nSPS) is 20.6. The maximum Gasteiger partial charge on any atom is 0.223 e. The molecule has 8 heteroatoms. The van der Waals surface area contributed by atoms with E-state index in [2.05, 4.69) is 20.3 Å². The number of carbonyl (C=O) groups excluding carboxylic acids is 1. The van der Waals surface area contributed by atoms with E-state index in [9.17, 15) is 9.18 Å². The molecule has 0 radical (unpaired) electrons. The Bertz CT molecular complexity index is 966. The molecule has 1 aliphatic heterocycles. The van der Waals surface area contributed by atoms with Crippen molar-refractivity contribution in [2.24, 2.45) is 7.05 Å². The van der Waals surface area contributed by atoms with E-state index < -0.39 is 0 Å². The number of halogens is 1. The highest BCUT2D eigenvalue weighted by Gasteiger charge is 2.36. The average molecular weight is 354 g/mol. The molecule has 1 fully saturated rings. The highest BCUT2D eigenvalue weighted by Crippen LogP contribution is 2.33. The van der Waals surface area contributed by atoms with Crippen LogP contribution >= 0.6 is 0 Å². The molecular formula is C18H19FN6O. The smallest absolute Gasteiger partial charge is 0.223 e. The van der Waals surface area contributed by atoms with Gasteiger partial charge in [0.15, 0.2) is 0 Å². The van der Waals surface area contributed by atoms with E-state index in [4.69, 9.17) is 0 Å². The predicted octanol–water partition coefficient (Wildman–Crippen LogP) is 2.28. The second kappa shape index (κ2) is 6.36. The first-order valence-corrected chi connectivity index (χ1v) is 8.44. The Morgan fingerprint density at radius 1 is 1.27 bits per heavy atom. The molecule has 3 aromatic rings. The van der Waals surface area contributed by atoms with E-state index in [1.807, 2.05) is 11.6 Å². The number of amides is 1. The van der Waals surface area contributed by atoms with E-state index in [-0.39, 0.29) is 23.8 Å². The maximum atomic E-state index is 14.4. The Morgan fingerprint density at radius 2 is 2.12 bits per heavy atom. The van der Waals surface area contributed by atoms with Gasteiger partial charge in [0.25, 0.3) is 0 Å². The number of likely N-dealkylation sites (tertiary alicyclic amines) is 1. The summed E-state index contributed by atoms with van der Waals surface area (Å²) in [7, 11) is 3.68. The molecule has 134 valence electrons. The fourth-order valence-corrected chi connectivity index (χ4v) is 3.60. The number of rotatable bonds is 3. The van der Waals surface area contributed by atoms with Crippen molar-refractivity contribution in [1.82, 2.24) is 24.4 Å². The molecule has 0 unspecified atom stereocenters. The lowest BCUT2D eigenvalue weighted by atomic mass is 9.93. The van der Waals surface area contributed by atoms with E-state index >= 15 is 0 Å². The van der Waals surface area contributed by atoms with Gasteiger partial charge in [-0.25, -0.2) is 19.3 Å². The summed E-state index contributed by atoms with van der Waals surface area (Å²) in [6, 6.07) is 4.43. The lowest BCUT2D eigenvalue weighted by Crippen LogP contribution is -2.46. The summed E-state index contributed by atoms with van der Waals surface area (Å²) < 4.78 is 16.3. The fraction of sp³-hybridized carbons (Fsp3) is 0.333. The van der Waals surface area contributed by atoms with Crippen molar-refractivity contribution in [2.45, 2.75) is 24.9 Å². The van der Waals surface area contributed by atoms with Gasteiger partial charge in [0.1, 0.15) is 18.0 Å². The molecule has 7 nitrogen and oxygen atoms in total. The minimum Gasteiger partial charge on any atom is -0.364 e. The Balaban J connectivity index is 1.75. The molecule has 1 aromatic carbocycles. The minimum atomic E-state index is -0.372. The number of hydrogen-bond acceptors (Lipinski definition) is 5. The third-order valence-corrected chi connectivity index (χ3v) is 4.95. The number of carbonyl (C=O) groups is 1. The summed E-state index contributed by atoms with van der Waals surface area (Å²) in [6.45, 7) is 0. The zero-order valence-electron chi connectivity index (χ0n) is 14.6. The SMILES string of the molecule is CN1C(=O)CC[C@@H](Nc2ncnc3cccc(F)c23)[C@@H]1c1cncn1C. The van der Waals surface area contributed by atoms with Gasteiger partial charge in [-0.1, -0.05) is 6.07 Å². The van der Waals surface area contributed by atoms with E-state index in [0.717, 1.165) is 5.69 Å². The number of hydrogen-bond donors (Lipinski definition) is 1. The Labute approximate surface area is 149 Å². The largest absolute Gasteiger partial charge is 0.364 e. The van der Waals surface area contributed by atoms with Gasteiger partial charge < -0.3 is 14.8 Å². The monoisotopic (exact) mass is 354 g/mol. The second-order valence-corrected chi connectivity index (χ2v) is 6.52. The van der Waals surface area contributed by atoms with Crippen LogP contribution in [0.3, 0.4) is 0 Å². The summed E-state index contributed by atoms with van der Waals surface area (Å²) in [5, 5.41) is 3.71. The number of likely N-dealkylation sites (N-methyl/N-ethyl adjacent to an activating group) is 1. The highest BCUT2D eigenvalue weighted by atomic mass is 19.1. The van der Waals surface area contributed by atoms with Crippen LogP contribution in [0.15, 0.2) is 37.1 Å². The standard InChI is InChI=1S/C18H19FN6O/c1-24-10-20-8-14(24)17-13(6-7-15(26)25(17)2)23-18-16-11(19)4-3-5-12(16)21-9-22-18/h3-5,8-10,13,17H,6-7H2,1-2H3,(H,21,22,23)/t13-,17-/m1/s1. The quantitative estimate of drug-likeness (QED) is 0.781. The van der Waals surface area contributed by atoms with Crippen LogP contribution in [0.5, 0.6) is 0 Å². The van der Waals surface area contributed by atoms with Gasteiger partial charge in [-0.15, -0.1) is 0 Å². The zero-order valence-corrected chi connectivity index (χ0v) is 14.6. The molecule has 0 saturated carbocycles. The summed E-state index contributed by atoms with van der Waals surface area (Å²) in [4.78, 5) is 26.5. The van der Waals surface area contributed by atoms with Crippen LogP contribution in [-0.2, 0) is 11.8 Å². The lowest BCUT2D eigenvalue weighted by molar-refractivity contribution is -0.135. The van der Waals surface area contributed by atoms with Crippen molar-refractivity contribution in [3.05, 3.63) is 48.6 Å². The number of benzene rings is 1. The van der Waals surface area contributed by atoms with Crippen molar-refractivity contribution in [2.75, 3.05) is 12.4 Å². The zero-order chi connectivity index (χ0) is 18.3. The lowest BCUT2D eigenvalue weighted by Gasteiger charge is -2.39. The van der Waals surface area contributed by atoms with Gasteiger partial charge in [-0.05, 0) is 18.6 Å². The molecule has 26 heavy (non-hydrogen) atoms. The number of anilines is 1. The minimum absolute atomic E-state index is 0.0768. The number of aromatic nitrogens is 4. The number of fused-ring (bicyclic) bond motifs is 1. The fourth-order valence-electron chi connectivity index (χ4n) is 3.60. The average Bonchev–Trinajstić information content (AvgIpc) is 3.04. The molecule has 2 aromatic heterocycles. The third kappa shape index (κ3) is 2.67. The van der Waals surface area contributed by atoms with Crippen LogP contribution < -0.4 is 5.32 Å². The van der Waals surface area contributed by atoms with Crippen LogP contribution in [0.25, 0.3) is 10.9 Å². The number of nitrogens with zero attached hydrogens (tertiary/aromatic N) is 5. The van der Waals surface area contributed by atoms with Gasteiger partial charge >= 0.3 is 0 Å². The Morgan fingerprint density at radius 3 is 2.88 bits per heavy atom. The summed E-state index contributed by atoms with van der Waals surface area (Å²) in [5.74, 6) is 0.143. The molecule has 1 saturated heterocycles. The molecule has 1 N–H and O–H groups in total. The van der Waals surface area contributed by atoms with E-state index in [1.165, 1.54) is 12.4 Å². The van der Waals surface area contributed by atoms with Gasteiger partial charge in [-0.3, -0.25) is 4.79 Å². The van der Waals surface area contributed by atoms with E-state index in [1.54, 1.807) is 36.6 Å². The van der Waals surface area contributed by atoms with Crippen LogP contribution in [0.2, 0.25) is 0 Å². The van der Waals surface area contributed by atoms with Gasteiger partial charge in [-0.2, -0.15) is 0 Å². The number of aryl methyl sites for hydroxylation is 1.